The van der Waals surface area contributed by atoms with E-state index in [1.165, 1.54) is 24.4 Å². The van der Waals surface area contributed by atoms with Crippen LogP contribution in [-0.2, 0) is 6.42 Å². The lowest BCUT2D eigenvalue weighted by molar-refractivity contribution is 0.0949. The molecule has 0 atom stereocenters. The first-order valence-electron chi connectivity index (χ1n) is 8.34. The maximum atomic E-state index is 13.8. The first kappa shape index (κ1) is 19.3. The number of amides is 1. The molecule has 0 spiro atoms. The van der Waals surface area contributed by atoms with Gasteiger partial charge in [0.05, 0.1) is 5.69 Å². The Morgan fingerprint density at radius 2 is 1.71 bits per heavy atom. The summed E-state index contributed by atoms with van der Waals surface area (Å²) >= 11 is 0. The van der Waals surface area contributed by atoms with Crippen molar-refractivity contribution in [2.24, 2.45) is 0 Å². The van der Waals surface area contributed by atoms with Crippen LogP contribution in [0.5, 0.6) is 0 Å². The highest BCUT2D eigenvalue weighted by Crippen LogP contribution is 2.23. The van der Waals surface area contributed by atoms with Crippen LogP contribution in [0, 0.1) is 23.3 Å². The molecular formula is C20H15F4N3O. The Balaban J connectivity index is 1.65. The van der Waals surface area contributed by atoms with Crippen molar-refractivity contribution in [3.63, 3.8) is 0 Å². The molecule has 1 heterocycles. The smallest absolute Gasteiger partial charge is 0.269 e. The summed E-state index contributed by atoms with van der Waals surface area (Å²) < 4.78 is 53.7. The van der Waals surface area contributed by atoms with E-state index in [0.29, 0.717) is 12.0 Å². The maximum absolute atomic E-state index is 13.8. The van der Waals surface area contributed by atoms with Gasteiger partial charge in [-0.3, -0.25) is 9.78 Å². The van der Waals surface area contributed by atoms with Gasteiger partial charge in [0.15, 0.2) is 17.5 Å². The number of nitrogens with zero attached hydrogens (tertiary/aromatic N) is 1. The fraction of sp³-hybridized carbons (Fsp3) is 0.100. The van der Waals surface area contributed by atoms with Gasteiger partial charge < -0.3 is 10.6 Å². The van der Waals surface area contributed by atoms with Crippen LogP contribution in [0.2, 0.25) is 0 Å². The fourth-order valence-electron chi connectivity index (χ4n) is 2.51. The lowest BCUT2D eigenvalue weighted by Crippen LogP contribution is -2.26. The van der Waals surface area contributed by atoms with Crippen molar-refractivity contribution in [3.8, 4) is 0 Å². The van der Waals surface area contributed by atoms with E-state index in [0.717, 1.165) is 12.1 Å². The Bertz CT molecular complexity index is 1010. The molecule has 0 fully saturated rings. The van der Waals surface area contributed by atoms with Crippen LogP contribution < -0.4 is 10.6 Å². The van der Waals surface area contributed by atoms with Crippen molar-refractivity contribution in [3.05, 3.63) is 89.3 Å². The van der Waals surface area contributed by atoms with Crippen molar-refractivity contribution in [2.75, 3.05) is 11.9 Å². The van der Waals surface area contributed by atoms with Crippen molar-refractivity contribution >= 4 is 17.3 Å². The van der Waals surface area contributed by atoms with Gasteiger partial charge in [-0.1, -0.05) is 18.2 Å². The van der Waals surface area contributed by atoms with E-state index >= 15 is 0 Å². The van der Waals surface area contributed by atoms with Gasteiger partial charge in [-0.25, -0.2) is 17.6 Å². The molecule has 3 rings (SSSR count). The quantitative estimate of drug-likeness (QED) is 0.487. The molecule has 0 aliphatic carbocycles. The van der Waals surface area contributed by atoms with Crippen molar-refractivity contribution < 1.29 is 22.4 Å². The summed E-state index contributed by atoms with van der Waals surface area (Å²) in [5, 5.41) is 5.19. The standard InChI is InChI=1S/C20H15F4N3O/c21-14-4-2-1-3-12(14)7-9-26-20(28)17-11-13(8-10-25-17)27-16-6-5-15(22)18(23)19(16)24/h1-6,8,10-11H,7,9H2,(H,25,27)(H,26,28). The van der Waals surface area contributed by atoms with Crippen LogP contribution in [0.4, 0.5) is 28.9 Å². The van der Waals surface area contributed by atoms with Crippen LogP contribution in [0.25, 0.3) is 0 Å². The molecule has 0 saturated carbocycles. The van der Waals surface area contributed by atoms with Gasteiger partial charge in [0, 0.05) is 18.4 Å². The summed E-state index contributed by atoms with van der Waals surface area (Å²) in [5.74, 6) is -5.12. The second-order valence-corrected chi connectivity index (χ2v) is 5.87. The number of benzene rings is 2. The summed E-state index contributed by atoms with van der Waals surface area (Å²) in [6.45, 7) is 0.191. The Labute approximate surface area is 158 Å². The molecule has 0 aliphatic heterocycles. The Hall–Kier alpha value is -3.42. The van der Waals surface area contributed by atoms with E-state index < -0.39 is 23.4 Å². The first-order valence-corrected chi connectivity index (χ1v) is 8.34. The molecule has 144 valence electrons. The SMILES string of the molecule is O=C(NCCc1ccccc1F)c1cc(Nc2ccc(F)c(F)c2F)ccn1. The minimum absolute atomic E-state index is 0.0292. The monoisotopic (exact) mass is 389 g/mol. The largest absolute Gasteiger partial charge is 0.353 e. The van der Waals surface area contributed by atoms with E-state index in [9.17, 15) is 22.4 Å². The molecule has 4 nitrogen and oxygen atoms in total. The van der Waals surface area contributed by atoms with E-state index in [1.807, 2.05) is 0 Å². The zero-order valence-electron chi connectivity index (χ0n) is 14.5. The van der Waals surface area contributed by atoms with Gasteiger partial charge in [0.2, 0.25) is 0 Å². The van der Waals surface area contributed by atoms with Gasteiger partial charge >= 0.3 is 0 Å². The van der Waals surface area contributed by atoms with Gasteiger partial charge in [-0.2, -0.15) is 0 Å². The Kier molecular flexibility index (Phi) is 5.88. The van der Waals surface area contributed by atoms with E-state index in [2.05, 4.69) is 15.6 Å². The number of anilines is 2. The van der Waals surface area contributed by atoms with Crippen molar-refractivity contribution in [1.29, 1.82) is 0 Å². The highest BCUT2D eigenvalue weighted by atomic mass is 19.2. The number of aromatic nitrogens is 1. The highest BCUT2D eigenvalue weighted by molar-refractivity contribution is 5.93. The fourth-order valence-corrected chi connectivity index (χ4v) is 2.51. The second kappa shape index (κ2) is 8.51. The van der Waals surface area contributed by atoms with Crippen molar-refractivity contribution in [2.45, 2.75) is 6.42 Å². The summed E-state index contributed by atoms with van der Waals surface area (Å²) in [4.78, 5) is 16.1. The van der Waals surface area contributed by atoms with Crippen LogP contribution >= 0.6 is 0 Å². The Morgan fingerprint density at radius 1 is 0.929 bits per heavy atom. The summed E-state index contributed by atoms with van der Waals surface area (Å²) in [5.41, 5.74) is 0.483. The third-order valence-electron chi connectivity index (χ3n) is 3.94. The molecule has 0 unspecified atom stereocenters. The van der Waals surface area contributed by atoms with Gasteiger partial charge in [0.25, 0.3) is 5.91 Å². The van der Waals surface area contributed by atoms with Crippen molar-refractivity contribution in [1.82, 2.24) is 10.3 Å². The van der Waals surface area contributed by atoms with Crippen LogP contribution in [0.1, 0.15) is 16.1 Å². The van der Waals surface area contributed by atoms with Gasteiger partial charge in [-0.15, -0.1) is 0 Å². The van der Waals surface area contributed by atoms with E-state index in [-0.39, 0.29) is 29.4 Å². The third-order valence-corrected chi connectivity index (χ3v) is 3.94. The summed E-state index contributed by atoms with van der Waals surface area (Å²) in [6, 6.07) is 10.9. The molecule has 0 radical (unpaired) electrons. The minimum Gasteiger partial charge on any atom is -0.353 e. The topological polar surface area (TPSA) is 54.0 Å². The maximum Gasteiger partial charge on any atom is 0.269 e. The van der Waals surface area contributed by atoms with Crippen LogP contribution in [0.15, 0.2) is 54.7 Å². The predicted octanol–water partition coefficient (Wildman–Crippen LogP) is 4.35. The molecule has 8 heteroatoms. The number of nitrogens with one attached hydrogen (secondary N) is 2. The lowest BCUT2D eigenvalue weighted by atomic mass is 10.1. The number of hydrogen-bond acceptors (Lipinski definition) is 3. The molecule has 2 N–H and O–H groups in total. The number of halogens is 4. The molecule has 0 aliphatic rings. The molecule has 3 aromatic rings. The first-order chi connectivity index (χ1) is 13.5. The molecule has 0 bridgehead atoms. The molecule has 0 saturated heterocycles. The lowest BCUT2D eigenvalue weighted by Gasteiger charge is -2.10. The number of carbonyl (C=O) groups is 1. The average molecular weight is 389 g/mol. The predicted molar refractivity (Wildman–Crippen MR) is 96.3 cm³/mol. The van der Waals surface area contributed by atoms with E-state index in [1.54, 1.807) is 18.2 Å². The minimum atomic E-state index is -1.59. The molecule has 2 aromatic carbocycles. The normalized spacial score (nSPS) is 10.6. The summed E-state index contributed by atoms with van der Waals surface area (Å²) in [6.07, 6.45) is 1.61. The van der Waals surface area contributed by atoms with E-state index in [4.69, 9.17) is 0 Å². The summed E-state index contributed by atoms with van der Waals surface area (Å²) in [7, 11) is 0. The zero-order valence-corrected chi connectivity index (χ0v) is 14.5. The number of carbonyl (C=O) groups excluding carboxylic acids is 1. The zero-order chi connectivity index (χ0) is 20.1. The highest BCUT2D eigenvalue weighted by Gasteiger charge is 2.14. The molecular weight excluding hydrogens is 374 g/mol. The number of hydrogen-bond donors (Lipinski definition) is 2. The number of pyridine rings is 1. The van der Waals surface area contributed by atoms with Gasteiger partial charge in [-0.05, 0) is 42.3 Å². The van der Waals surface area contributed by atoms with Crippen LogP contribution in [0.3, 0.4) is 0 Å². The average Bonchev–Trinajstić information content (AvgIpc) is 2.70. The Morgan fingerprint density at radius 3 is 2.50 bits per heavy atom. The van der Waals surface area contributed by atoms with Gasteiger partial charge in [0.1, 0.15) is 11.5 Å². The molecule has 28 heavy (non-hydrogen) atoms. The molecule has 1 aromatic heterocycles. The third kappa shape index (κ3) is 4.46. The number of rotatable bonds is 6. The second-order valence-electron chi connectivity index (χ2n) is 5.87. The van der Waals surface area contributed by atoms with Crippen LogP contribution in [-0.4, -0.2) is 17.4 Å². The molecule has 1 amide bonds.